The summed E-state index contributed by atoms with van der Waals surface area (Å²) in [5.41, 5.74) is 0.142. The highest BCUT2D eigenvalue weighted by Gasteiger charge is 2.06. The first kappa shape index (κ1) is 8.63. The minimum atomic E-state index is 0.142. The van der Waals surface area contributed by atoms with E-state index in [4.69, 9.17) is 0 Å². The number of hydrogen-bond donors (Lipinski definition) is 1. The van der Waals surface area contributed by atoms with Crippen molar-refractivity contribution >= 4 is 6.29 Å². The van der Waals surface area contributed by atoms with Gasteiger partial charge in [-0.25, -0.2) is 0 Å². The van der Waals surface area contributed by atoms with Gasteiger partial charge in [-0.1, -0.05) is 0 Å². The van der Waals surface area contributed by atoms with Gasteiger partial charge in [0.05, 0.1) is 0 Å². The van der Waals surface area contributed by atoms with Crippen molar-refractivity contribution in [2.75, 3.05) is 6.54 Å². The lowest BCUT2D eigenvalue weighted by Crippen LogP contribution is -2.36. The van der Waals surface area contributed by atoms with Crippen molar-refractivity contribution in [2.45, 2.75) is 32.7 Å². The molecule has 54 valence electrons. The van der Waals surface area contributed by atoms with Crippen LogP contribution in [0.5, 0.6) is 0 Å². The third kappa shape index (κ3) is 7.63. The van der Waals surface area contributed by atoms with E-state index < -0.39 is 0 Å². The molecule has 0 spiro atoms. The zero-order valence-electron chi connectivity index (χ0n) is 6.40. The van der Waals surface area contributed by atoms with E-state index in [0.29, 0.717) is 6.42 Å². The Bertz CT molecular complexity index is 83.4. The first-order chi connectivity index (χ1) is 4.06. The Balaban J connectivity index is 3.17. The van der Waals surface area contributed by atoms with Gasteiger partial charge in [0.15, 0.2) is 0 Å². The van der Waals surface area contributed by atoms with Crippen LogP contribution in [0.3, 0.4) is 0 Å². The first-order valence-electron chi connectivity index (χ1n) is 3.25. The van der Waals surface area contributed by atoms with Crippen molar-refractivity contribution in [1.29, 1.82) is 0 Å². The van der Waals surface area contributed by atoms with E-state index in [1.807, 2.05) is 0 Å². The molecule has 0 aromatic heterocycles. The molecule has 0 fully saturated rings. The van der Waals surface area contributed by atoms with Crippen molar-refractivity contribution in [3.8, 4) is 0 Å². The number of nitrogens with one attached hydrogen (secondary N) is 1. The second kappa shape index (κ2) is 3.62. The van der Waals surface area contributed by atoms with Crippen LogP contribution in [0.1, 0.15) is 27.2 Å². The van der Waals surface area contributed by atoms with Gasteiger partial charge in [0.2, 0.25) is 0 Å². The van der Waals surface area contributed by atoms with Gasteiger partial charge in [0.25, 0.3) is 0 Å². The lowest BCUT2D eigenvalue weighted by atomic mass is 10.1. The second-order valence-electron chi connectivity index (χ2n) is 3.13. The van der Waals surface area contributed by atoms with Gasteiger partial charge in [-0.3, -0.25) is 0 Å². The Kier molecular flexibility index (Phi) is 3.47. The van der Waals surface area contributed by atoms with Crippen LogP contribution in [0.25, 0.3) is 0 Å². The normalized spacial score (nSPS) is 11.4. The molecule has 2 nitrogen and oxygen atoms in total. The molecule has 0 rings (SSSR count). The molecular weight excluding hydrogens is 114 g/mol. The van der Waals surface area contributed by atoms with Crippen LogP contribution in [0.15, 0.2) is 0 Å². The van der Waals surface area contributed by atoms with E-state index >= 15 is 0 Å². The average molecular weight is 129 g/mol. The lowest BCUT2D eigenvalue weighted by molar-refractivity contribution is -0.107. The first-order valence-corrected chi connectivity index (χ1v) is 3.25. The summed E-state index contributed by atoms with van der Waals surface area (Å²) in [6.07, 6.45) is 1.54. The van der Waals surface area contributed by atoms with Crippen LogP contribution in [0.4, 0.5) is 0 Å². The molecule has 0 saturated heterocycles. The maximum absolute atomic E-state index is 9.85. The second-order valence-corrected chi connectivity index (χ2v) is 3.13. The molecule has 0 radical (unpaired) electrons. The predicted octanol–water partition coefficient (Wildman–Crippen LogP) is 0.964. The number of aldehydes is 1. The lowest BCUT2D eigenvalue weighted by Gasteiger charge is -2.19. The van der Waals surface area contributed by atoms with Crippen LogP contribution in [0, 0.1) is 0 Å². The van der Waals surface area contributed by atoms with E-state index in [-0.39, 0.29) is 5.54 Å². The van der Waals surface area contributed by atoms with Crippen LogP contribution < -0.4 is 5.32 Å². The number of hydrogen-bond acceptors (Lipinski definition) is 2. The summed E-state index contributed by atoms with van der Waals surface area (Å²) in [4.78, 5) is 9.85. The van der Waals surface area contributed by atoms with Crippen LogP contribution in [-0.2, 0) is 4.79 Å². The molecule has 1 N–H and O–H groups in total. The van der Waals surface area contributed by atoms with Crippen LogP contribution in [0.2, 0.25) is 0 Å². The monoisotopic (exact) mass is 129 g/mol. The van der Waals surface area contributed by atoms with E-state index in [1.165, 1.54) is 0 Å². The van der Waals surface area contributed by atoms with Gasteiger partial charge < -0.3 is 10.1 Å². The summed E-state index contributed by atoms with van der Waals surface area (Å²) in [7, 11) is 0. The van der Waals surface area contributed by atoms with Gasteiger partial charge in [-0.15, -0.1) is 0 Å². The highest BCUT2D eigenvalue weighted by Crippen LogP contribution is 1.96. The zero-order valence-corrected chi connectivity index (χ0v) is 6.40. The number of carbonyl (C=O) groups excluding carboxylic acids is 1. The minimum absolute atomic E-state index is 0.142. The number of rotatable bonds is 3. The molecule has 0 heterocycles. The van der Waals surface area contributed by atoms with Crippen molar-refractivity contribution < 1.29 is 4.79 Å². The smallest absolute Gasteiger partial charge is 0.121 e. The van der Waals surface area contributed by atoms with Gasteiger partial charge in [0.1, 0.15) is 6.29 Å². The summed E-state index contributed by atoms with van der Waals surface area (Å²) in [5.74, 6) is 0. The molecule has 0 aliphatic carbocycles. The molecule has 0 aromatic carbocycles. The Morgan fingerprint density at radius 2 is 2.00 bits per heavy atom. The van der Waals surface area contributed by atoms with Crippen LogP contribution in [-0.4, -0.2) is 18.4 Å². The molecule has 0 bridgehead atoms. The summed E-state index contributed by atoms with van der Waals surface area (Å²) in [6, 6.07) is 0. The van der Waals surface area contributed by atoms with Gasteiger partial charge >= 0.3 is 0 Å². The molecule has 0 aliphatic rings. The molecule has 0 atom stereocenters. The van der Waals surface area contributed by atoms with Crippen molar-refractivity contribution in [3.05, 3.63) is 0 Å². The van der Waals surface area contributed by atoms with Crippen molar-refractivity contribution in [2.24, 2.45) is 0 Å². The van der Waals surface area contributed by atoms with Crippen molar-refractivity contribution in [3.63, 3.8) is 0 Å². The average Bonchev–Trinajstić information content (AvgIpc) is 1.63. The molecule has 0 amide bonds. The van der Waals surface area contributed by atoms with E-state index in [2.05, 4.69) is 26.1 Å². The van der Waals surface area contributed by atoms with Crippen LogP contribution >= 0.6 is 0 Å². The third-order valence-electron chi connectivity index (χ3n) is 0.918. The molecule has 9 heavy (non-hydrogen) atoms. The zero-order chi connectivity index (χ0) is 7.33. The van der Waals surface area contributed by atoms with Crippen molar-refractivity contribution in [1.82, 2.24) is 5.32 Å². The summed E-state index contributed by atoms with van der Waals surface area (Å²) < 4.78 is 0. The Labute approximate surface area is 56.6 Å². The third-order valence-corrected chi connectivity index (χ3v) is 0.918. The van der Waals surface area contributed by atoms with Gasteiger partial charge in [0, 0.05) is 18.5 Å². The highest BCUT2D eigenvalue weighted by atomic mass is 16.1. The summed E-state index contributed by atoms with van der Waals surface area (Å²) in [5, 5.41) is 3.19. The minimum Gasteiger partial charge on any atom is -0.312 e. The van der Waals surface area contributed by atoms with E-state index in [9.17, 15) is 4.79 Å². The molecule has 0 unspecified atom stereocenters. The molecule has 0 aliphatic heterocycles. The Hall–Kier alpha value is -0.370. The summed E-state index contributed by atoms with van der Waals surface area (Å²) in [6.45, 7) is 7.03. The fraction of sp³-hybridized carbons (Fsp3) is 0.857. The highest BCUT2D eigenvalue weighted by molar-refractivity contribution is 5.49. The van der Waals surface area contributed by atoms with Gasteiger partial charge in [-0.05, 0) is 20.8 Å². The van der Waals surface area contributed by atoms with Gasteiger partial charge in [-0.2, -0.15) is 0 Å². The molecule has 0 aromatic rings. The van der Waals surface area contributed by atoms with E-state index in [1.54, 1.807) is 0 Å². The fourth-order valence-corrected chi connectivity index (χ4v) is 0.506. The Morgan fingerprint density at radius 1 is 1.44 bits per heavy atom. The quantitative estimate of drug-likeness (QED) is 0.454. The maximum atomic E-state index is 9.85. The molecule has 0 saturated carbocycles. The molecular formula is C7H15NO. The SMILES string of the molecule is CC(C)(C)NCCC=O. The maximum Gasteiger partial charge on any atom is 0.121 e. The summed E-state index contributed by atoms with van der Waals surface area (Å²) >= 11 is 0. The largest absolute Gasteiger partial charge is 0.312 e. The van der Waals surface area contributed by atoms with E-state index in [0.717, 1.165) is 12.8 Å². The number of carbonyl (C=O) groups is 1. The Morgan fingerprint density at radius 3 is 2.33 bits per heavy atom. The topological polar surface area (TPSA) is 29.1 Å². The molecule has 2 heteroatoms. The predicted molar refractivity (Wildman–Crippen MR) is 38.4 cm³/mol. The fourth-order valence-electron chi connectivity index (χ4n) is 0.506. The standard InChI is InChI=1S/C7H15NO/c1-7(2,3)8-5-4-6-9/h6,8H,4-5H2,1-3H3.